The second-order valence-electron chi connectivity index (χ2n) is 5.78. The first-order chi connectivity index (χ1) is 11.2. The maximum Gasteiger partial charge on any atom is 0.319 e. The standard InChI is InChI=1S/C17H22N4O2/c1-20-11-14-4-3-9-21(14)12-15(20)10-18-17(22)19-13-5-7-16(23-2)8-6-13/h3-9,15H,10-12H2,1-2H3,(H2,18,19,22). The van der Waals surface area contributed by atoms with E-state index in [-0.39, 0.29) is 12.1 Å². The summed E-state index contributed by atoms with van der Waals surface area (Å²) in [5.74, 6) is 0.766. The first-order valence-corrected chi connectivity index (χ1v) is 7.69. The van der Waals surface area contributed by atoms with Crippen molar-refractivity contribution in [3.05, 3.63) is 48.3 Å². The first kappa shape index (κ1) is 15.4. The van der Waals surface area contributed by atoms with Crippen LogP contribution in [0.1, 0.15) is 5.69 Å². The van der Waals surface area contributed by atoms with E-state index in [2.05, 4.69) is 45.5 Å². The van der Waals surface area contributed by atoms with Crippen LogP contribution in [-0.2, 0) is 13.1 Å². The van der Waals surface area contributed by atoms with E-state index in [9.17, 15) is 4.79 Å². The van der Waals surface area contributed by atoms with Gasteiger partial charge in [-0.3, -0.25) is 4.90 Å². The van der Waals surface area contributed by atoms with Gasteiger partial charge in [-0.25, -0.2) is 4.79 Å². The number of hydrogen-bond donors (Lipinski definition) is 2. The summed E-state index contributed by atoms with van der Waals surface area (Å²) in [6, 6.07) is 11.6. The van der Waals surface area contributed by atoms with Crippen LogP contribution in [0.5, 0.6) is 5.75 Å². The molecule has 1 atom stereocenters. The zero-order valence-corrected chi connectivity index (χ0v) is 13.5. The van der Waals surface area contributed by atoms with Gasteiger partial charge in [0, 0.05) is 43.3 Å². The minimum absolute atomic E-state index is 0.193. The van der Waals surface area contributed by atoms with Crippen LogP contribution in [0.3, 0.4) is 0 Å². The predicted molar refractivity (Wildman–Crippen MR) is 89.7 cm³/mol. The second kappa shape index (κ2) is 6.75. The average Bonchev–Trinajstić information content (AvgIpc) is 3.00. The molecule has 0 radical (unpaired) electrons. The Labute approximate surface area is 136 Å². The number of nitrogens with one attached hydrogen (secondary N) is 2. The molecule has 0 bridgehead atoms. The number of ether oxygens (including phenoxy) is 1. The lowest BCUT2D eigenvalue weighted by Crippen LogP contribution is -2.47. The molecule has 1 aliphatic rings. The molecule has 2 aromatic rings. The highest BCUT2D eigenvalue weighted by Gasteiger charge is 2.22. The summed E-state index contributed by atoms with van der Waals surface area (Å²) in [5.41, 5.74) is 2.06. The van der Waals surface area contributed by atoms with Crippen molar-refractivity contribution in [3.63, 3.8) is 0 Å². The molecule has 1 unspecified atom stereocenters. The molecule has 2 heterocycles. The van der Waals surface area contributed by atoms with E-state index in [1.807, 2.05) is 24.3 Å². The summed E-state index contributed by atoms with van der Waals surface area (Å²) in [6.07, 6.45) is 2.09. The van der Waals surface area contributed by atoms with Crippen LogP contribution < -0.4 is 15.4 Å². The molecule has 1 aliphatic heterocycles. The number of benzene rings is 1. The monoisotopic (exact) mass is 314 g/mol. The molecule has 6 heteroatoms. The predicted octanol–water partition coefficient (Wildman–Crippen LogP) is 2.13. The van der Waals surface area contributed by atoms with Crippen LogP contribution in [0.25, 0.3) is 0 Å². The third kappa shape index (κ3) is 3.65. The van der Waals surface area contributed by atoms with E-state index in [0.717, 1.165) is 24.5 Å². The molecule has 0 saturated heterocycles. The second-order valence-corrected chi connectivity index (χ2v) is 5.78. The Morgan fingerprint density at radius 2 is 2.09 bits per heavy atom. The SMILES string of the molecule is COc1ccc(NC(=O)NCC2Cn3cccc3CN2C)cc1. The third-order valence-corrected chi connectivity index (χ3v) is 4.21. The van der Waals surface area contributed by atoms with Crippen molar-refractivity contribution in [1.82, 2.24) is 14.8 Å². The number of rotatable bonds is 4. The van der Waals surface area contributed by atoms with E-state index in [0.29, 0.717) is 6.54 Å². The fourth-order valence-corrected chi connectivity index (χ4v) is 2.80. The highest BCUT2D eigenvalue weighted by Crippen LogP contribution is 2.17. The van der Waals surface area contributed by atoms with Crippen LogP contribution in [-0.4, -0.2) is 42.2 Å². The van der Waals surface area contributed by atoms with Crippen LogP contribution in [0.4, 0.5) is 10.5 Å². The number of amides is 2. The fourth-order valence-electron chi connectivity index (χ4n) is 2.80. The van der Waals surface area contributed by atoms with Crippen LogP contribution >= 0.6 is 0 Å². The number of carbonyl (C=O) groups excluding carboxylic acids is 1. The molecule has 0 spiro atoms. The van der Waals surface area contributed by atoms with E-state index in [4.69, 9.17) is 4.74 Å². The van der Waals surface area contributed by atoms with Crippen LogP contribution in [0, 0.1) is 0 Å². The van der Waals surface area contributed by atoms with E-state index in [1.54, 1.807) is 7.11 Å². The van der Waals surface area contributed by atoms with Gasteiger partial charge in [0.05, 0.1) is 7.11 Å². The first-order valence-electron chi connectivity index (χ1n) is 7.69. The van der Waals surface area contributed by atoms with Gasteiger partial charge < -0.3 is 19.9 Å². The van der Waals surface area contributed by atoms with Crippen LogP contribution in [0.15, 0.2) is 42.6 Å². The Hall–Kier alpha value is -2.47. The van der Waals surface area contributed by atoms with Crippen molar-refractivity contribution in [2.45, 2.75) is 19.1 Å². The molecule has 0 fully saturated rings. The molecule has 122 valence electrons. The summed E-state index contributed by atoms with van der Waals surface area (Å²) in [4.78, 5) is 14.3. The maximum atomic E-state index is 12.0. The summed E-state index contributed by atoms with van der Waals surface area (Å²) in [7, 11) is 3.70. The zero-order chi connectivity index (χ0) is 16.2. The van der Waals surface area contributed by atoms with Crippen molar-refractivity contribution in [3.8, 4) is 5.75 Å². The number of hydrogen-bond acceptors (Lipinski definition) is 3. The molecule has 1 aromatic heterocycles. The Balaban J connectivity index is 1.50. The quantitative estimate of drug-likeness (QED) is 0.909. The largest absolute Gasteiger partial charge is 0.497 e. The number of anilines is 1. The van der Waals surface area contributed by atoms with Crippen molar-refractivity contribution >= 4 is 11.7 Å². The third-order valence-electron chi connectivity index (χ3n) is 4.21. The number of methoxy groups -OCH3 is 1. The fraction of sp³-hybridized carbons (Fsp3) is 0.353. The van der Waals surface area contributed by atoms with E-state index < -0.39 is 0 Å². The smallest absolute Gasteiger partial charge is 0.319 e. The van der Waals surface area contributed by atoms with Crippen molar-refractivity contribution in [2.24, 2.45) is 0 Å². The number of fused-ring (bicyclic) bond motifs is 1. The summed E-state index contributed by atoms with van der Waals surface area (Å²) < 4.78 is 7.34. The van der Waals surface area contributed by atoms with Crippen molar-refractivity contribution in [1.29, 1.82) is 0 Å². The van der Waals surface area contributed by atoms with E-state index >= 15 is 0 Å². The molecule has 3 rings (SSSR count). The van der Waals surface area contributed by atoms with Crippen molar-refractivity contribution < 1.29 is 9.53 Å². The molecule has 0 saturated carbocycles. The number of likely N-dealkylation sites (N-methyl/N-ethyl adjacent to an activating group) is 1. The molecule has 23 heavy (non-hydrogen) atoms. The van der Waals surface area contributed by atoms with Gasteiger partial charge in [-0.1, -0.05) is 0 Å². The van der Waals surface area contributed by atoms with Crippen molar-refractivity contribution in [2.75, 3.05) is 26.0 Å². The van der Waals surface area contributed by atoms with Gasteiger partial charge in [0.2, 0.25) is 0 Å². The molecule has 2 N–H and O–H groups in total. The Morgan fingerprint density at radius 1 is 1.30 bits per heavy atom. The van der Waals surface area contributed by atoms with Gasteiger partial charge >= 0.3 is 6.03 Å². The van der Waals surface area contributed by atoms with Crippen LogP contribution in [0.2, 0.25) is 0 Å². The number of aromatic nitrogens is 1. The van der Waals surface area contributed by atoms with Gasteiger partial charge in [-0.2, -0.15) is 0 Å². The molecule has 0 aliphatic carbocycles. The zero-order valence-electron chi connectivity index (χ0n) is 13.5. The molecular formula is C17H22N4O2. The number of nitrogens with zero attached hydrogens (tertiary/aromatic N) is 2. The lowest BCUT2D eigenvalue weighted by atomic mass is 10.2. The van der Waals surface area contributed by atoms with Gasteiger partial charge in [0.25, 0.3) is 0 Å². The van der Waals surface area contributed by atoms with Gasteiger partial charge in [-0.15, -0.1) is 0 Å². The summed E-state index contributed by atoms with van der Waals surface area (Å²) in [5, 5.41) is 5.78. The minimum Gasteiger partial charge on any atom is -0.497 e. The highest BCUT2D eigenvalue weighted by molar-refractivity contribution is 5.89. The summed E-state index contributed by atoms with van der Waals surface area (Å²) >= 11 is 0. The Bertz CT molecular complexity index is 665. The average molecular weight is 314 g/mol. The molecule has 1 aromatic carbocycles. The maximum absolute atomic E-state index is 12.0. The van der Waals surface area contributed by atoms with Gasteiger partial charge in [0.1, 0.15) is 5.75 Å². The topological polar surface area (TPSA) is 58.5 Å². The summed E-state index contributed by atoms with van der Waals surface area (Å²) in [6.45, 7) is 2.40. The molecular weight excluding hydrogens is 292 g/mol. The minimum atomic E-state index is -0.193. The highest BCUT2D eigenvalue weighted by atomic mass is 16.5. The Morgan fingerprint density at radius 3 is 2.83 bits per heavy atom. The number of carbonyl (C=O) groups is 1. The van der Waals surface area contributed by atoms with E-state index in [1.165, 1.54) is 5.69 Å². The molecule has 6 nitrogen and oxygen atoms in total. The Kier molecular flexibility index (Phi) is 4.52. The lowest BCUT2D eigenvalue weighted by Gasteiger charge is -2.34. The van der Waals surface area contributed by atoms with Gasteiger partial charge in [0.15, 0.2) is 0 Å². The lowest BCUT2D eigenvalue weighted by molar-refractivity contribution is 0.174. The van der Waals surface area contributed by atoms with Gasteiger partial charge in [-0.05, 0) is 43.4 Å². The molecule has 2 amide bonds. The normalized spacial score (nSPS) is 17.4. The number of urea groups is 1.